The smallest absolute Gasteiger partial charge is 0.123 e. The summed E-state index contributed by atoms with van der Waals surface area (Å²) in [5.41, 5.74) is 1.48. The van der Waals surface area contributed by atoms with Crippen molar-refractivity contribution >= 4 is 26.7 Å². The van der Waals surface area contributed by atoms with Crippen molar-refractivity contribution in [2.24, 2.45) is 0 Å². The lowest BCUT2D eigenvalue weighted by atomic mass is 9.98. The molecule has 3 aromatic carbocycles. The van der Waals surface area contributed by atoms with Gasteiger partial charge in [0.1, 0.15) is 11.9 Å². The van der Waals surface area contributed by atoms with Crippen molar-refractivity contribution in [1.82, 2.24) is 0 Å². The first-order valence-electron chi connectivity index (χ1n) is 6.26. The van der Waals surface area contributed by atoms with E-state index in [-0.39, 0.29) is 5.82 Å². The zero-order valence-corrected chi connectivity index (χ0v) is 12.1. The van der Waals surface area contributed by atoms with Crippen LogP contribution in [0, 0.1) is 5.82 Å². The number of hydrogen-bond donors (Lipinski definition) is 1. The van der Waals surface area contributed by atoms with Crippen LogP contribution in [0.4, 0.5) is 4.39 Å². The van der Waals surface area contributed by atoms with Gasteiger partial charge >= 0.3 is 0 Å². The minimum atomic E-state index is -0.747. The molecule has 1 N–H and O–H groups in total. The molecule has 0 spiro atoms. The third-order valence-corrected chi connectivity index (χ3v) is 3.82. The highest BCUT2D eigenvalue weighted by atomic mass is 79.9. The first kappa shape index (κ1) is 13.3. The fourth-order valence-electron chi connectivity index (χ4n) is 2.24. The Labute approximate surface area is 124 Å². The predicted molar refractivity (Wildman–Crippen MR) is 82.1 cm³/mol. The number of halogens is 2. The van der Waals surface area contributed by atoms with Gasteiger partial charge in [0, 0.05) is 4.47 Å². The third kappa shape index (κ3) is 2.60. The number of aliphatic hydroxyl groups is 1. The minimum absolute atomic E-state index is 0.302. The maximum absolute atomic E-state index is 12.9. The molecule has 1 unspecified atom stereocenters. The fourth-order valence-corrected chi connectivity index (χ4v) is 2.62. The summed E-state index contributed by atoms with van der Waals surface area (Å²) in [7, 11) is 0. The Bertz CT molecular complexity index is 753. The standard InChI is InChI=1S/C17H12BrFO/c18-15-6-3-12-9-14(2-1-13(12)10-15)17(20)11-4-7-16(19)8-5-11/h1-10,17,20H. The lowest BCUT2D eigenvalue weighted by Crippen LogP contribution is -1.99. The van der Waals surface area contributed by atoms with Crippen LogP contribution in [0.1, 0.15) is 17.2 Å². The SMILES string of the molecule is OC(c1ccc(F)cc1)c1ccc2cc(Br)ccc2c1. The molecule has 0 aliphatic rings. The Morgan fingerprint density at radius 1 is 0.800 bits per heavy atom. The van der Waals surface area contributed by atoms with Gasteiger partial charge in [-0.3, -0.25) is 0 Å². The second-order valence-electron chi connectivity index (χ2n) is 4.70. The van der Waals surface area contributed by atoms with E-state index in [1.165, 1.54) is 12.1 Å². The van der Waals surface area contributed by atoms with Gasteiger partial charge in [0.05, 0.1) is 0 Å². The Morgan fingerprint density at radius 2 is 1.40 bits per heavy atom. The van der Waals surface area contributed by atoms with Crippen molar-refractivity contribution in [1.29, 1.82) is 0 Å². The van der Waals surface area contributed by atoms with Crippen molar-refractivity contribution in [3.63, 3.8) is 0 Å². The number of aliphatic hydroxyl groups excluding tert-OH is 1. The van der Waals surface area contributed by atoms with Gasteiger partial charge in [-0.15, -0.1) is 0 Å². The molecule has 1 nitrogen and oxygen atoms in total. The molecule has 0 bridgehead atoms. The molecule has 0 amide bonds. The number of benzene rings is 3. The van der Waals surface area contributed by atoms with E-state index in [2.05, 4.69) is 15.9 Å². The largest absolute Gasteiger partial charge is 0.384 e. The average molecular weight is 331 g/mol. The summed E-state index contributed by atoms with van der Waals surface area (Å²) in [6.07, 6.45) is -0.747. The molecule has 0 fully saturated rings. The summed E-state index contributed by atoms with van der Waals surface area (Å²) < 4.78 is 13.9. The second kappa shape index (κ2) is 5.35. The summed E-state index contributed by atoms with van der Waals surface area (Å²) >= 11 is 3.44. The maximum Gasteiger partial charge on any atom is 0.123 e. The van der Waals surface area contributed by atoms with Crippen LogP contribution in [0.15, 0.2) is 65.1 Å². The summed E-state index contributed by atoms with van der Waals surface area (Å²) in [6, 6.07) is 17.7. The van der Waals surface area contributed by atoms with Gasteiger partial charge in [-0.05, 0) is 52.2 Å². The monoisotopic (exact) mass is 330 g/mol. The van der Waals surface area contributed by atoms with E-state index < -0.39 is 6.10 Å². The minimum Gasteiger partial charge on any atom is -0.384 e. The van der Waals surface area contributed by atoms with Crippen molar-refractivity contribution in [3.8, 4) is 0 Å². The van der Waals surface area contributed by atoms with Gasteiger partial charge in [0.2, 0.25) is 0 Å². The third-order valence-electron chi connectivity index (χ3n) is 3.33. The van der Waals surface area contributed by atoms with Gasteiger partial charge in [-0.2, -0.15) is 0 Å². The number of rotatable bonds is 2. The second-order valence-corrected chi connectivity index (χ2v) is 5.62. The molecule has 0 saturated heterocycles. The predicted octanol–water partition coefficient (Wildman–Crippen LogP) is 4.82. The summed E-state index contributed by atoms with van der Waals surface area (Å²) in [5, 5.41) is 12.5. The lowest BCUT2D eigenvalue weighted by molar-refractivity contribution is 0.220. The Balaban J connectivity index is 2.01. The molecule has 0 heterocycles. The Kier molecular flexibility index (Phi) is 3.55. The molecule has 3 aromatic rings. The van der Waals surface area contributed by atoms with Crippen LogP contribution in [-0.4, -0.2) is 5.11 Å². The summed E-state index contributed by atoms with van der Waals surface area (Å²) in [5.74, 6) is -0.302. The number of fused-ring (bicyclic) bond motifs is 1. The maximum atomic E-state index is 12.9. The highest BCUT2D eigenvalue weighted by Crippen LogP contribution is 2.27. The van der Waals surface area contributed by atoms with E-state index in [1.54, 1.807) is 12.1 Å². The molecule has 20 heavy (non-hydrogen) atoms. The van der Waals surface area contributed by atoms with Crippen LogP contribution < -0.4 is 0 Å². The Hall–Kier alpha value is -1.71. The quantitative estimate of drug-likeness (QED) is 0.714. The van der Waals surface area contributed by atoms with E-state index in [0.717, 1.165) is 20.8 Å². The highest BCUT2D eigenvalue weighted by molar-refractivity contribution is 9.10. The molecule has 0 saturated carbocycles. The fraction of sp³-hybridized carbons (Fsp3) is 0.0588. The Morgan fingerprint density at radius 3 is 2.15 bits per heavy atom. The van der Waals surface area contributed by atoms with E-state index in [4.69, 9.17) is 0 Å². The van der Waals surface area contributed by atoms with Gasteiger partial charge in [0.15, 0.2) is 0 Å². The molecule has 3 heteroatoms. The average Bonchev–Trinajstić information content (AvgIpc) is 2.47. The molecular weight excluding hydrogens is 319 g/mol. The summed E-state index contributed by atoms with van der Waals surface area (Å²) in [6.45, 7) is 0. The first-order chi connectivity index (χ1) is 9.63. The van der Waals surface area contributed by atoms with E-state index in [1.807, 2.05) is 36.4 Å². The lowest BCUT2D eigenvalue weighted by Gasteiger charge is -2.12. The molecule has 0 aromatic heterocycles. The first-order valence-corrected chi connectivity index (χ1v) is 7.05. The zero-order valence-electron chi connectivity index (χ0n) is 10.6. The molecule has 0 aliphatic carbocycles. The van der Waals surface area contributed by atoms with E-state index >= 15 is 0 Å². The molecular formula is C17H12BrFO. The van der Waals surface area contributed by atoms with Gasteiger partial charge in [0.25, 0.3) is 0 Å². The normalized spacial score (nSPS) is 12.6. The van der Waals surface area contributed by atoms with E-state index in [9.17, 15) is 9.50 Å². The zero-order chi connectivity index (χ0) is 14.1. The molecule has 3 rings (SSSR count). The van der Waals surface area contributed by atoms with E-state index in [0.29, 0.717) is 5.56 Å². The molecule has 100 valence electrons. The van der Waals surface area contributed by atoms with Crippen molar-refractivity contribution in [2.45, 2.75) is 6.10 Å². The van der Waals surface area contributed by atoms with Crippen molar-refractivity contribution in [3.05, 3.63) is 82.1 Å². The van der Waals surface area contributed by atoms with Gasteiger partial charge in [-0.1, -0.05) is 46.3 Å². The van der Waals surface area contributed by atoms with Crippen LogP contribution >= 0.6 is 15.9 Å². The van der Waals surface area contributed by atoms with Crippen LogP contribution in [0.25, 0.3) is 10.8 Å². The van der Waals surface area contributed by atoms with Crippen molar-refractivity contribution < 1.29 is 9.50 Å². The number of hydrogen-bond acceptors (Lipinski definition) is 1. The topological polar surface area (TPSA) is 20.2 Å². The highest BCUT2D eigenvalue weighted by Gasteiger charge is 2.11. The van der Waals surface area contributed by atoms with Crippen LogP contribution in [0.5, 0.6) is 0 Å². The molecule has 1 atom stereocenters. The van der Waals surface area contributed by atoms with Gasteiger partial charge in [-0.25, -0.2) is 4.39 Å². The van der Waals surface area contributed by atoms with Crippen LogP contribution in [0.2, 0.25) is 0 Å². The van der Waals surface area contributed by atoms with Gasteiger partial charge < -0.3 is 5.11 Å². The molecule has 0 radical (unpaired) electrons. The van der Waals surface area contributed by atoms with Crippen LogP contribution in [-0.2, 0) is 0 Å². The summed E-state index contributed by atoms with van der Waals surface area (Å²) in [4.78, 5) is 0. The molecule has 0 aliphatic heterocycles. The van der Waals surface area contributed by atoms with Crippen molar-refractivity contribution in [2.75, 3.05) is 0 Å². The van der Waals surface area contributed by atoms with Crippen LogP contribution in [0.3, 0.4) is 0 Å².